The van der Waals surface area contributed by atoms with Gasteiger partial charge in [0, 0.05) is 36.6 Å². The van der Waals surface area contributed by atoms with Gasteiger partial charge in [0.15, 0.2) is 5.78 Å². The summed E-state index contributed by atoms with van der Waals surface area (Å²) in [5.74, 6) is -0.793. The van der Waals surface area contributed by atoms with Gasteiger partial charge in [-0.05, 0) is 37.6 Å². The summed E-state index contributed by atoms with van der Waals surface area (Å²) in [5.41, 5.74) is 0.551. The molecular weight excluding hydrogens is 419 g/mol. The monoisotopic (exact) mass is 442 g/mol. The minimum Gasteiger partial charge on any atom is -0.366 e. The Hall–Kier alpha value is -3.07. The predicted octanol–water partition coefficient (Wildman–Crippen LogP) is 2.71. The van der Waals surface area contributed by atoms with Crippen LogP contribution in [0.1, 0.15) is 29.1 Å². The lowest BCUT2D eigenvalue weighted by atomic mass is 10.1. The van der Waals surface area contributed by atoms with Crippen LogP contribution in [0.25, 0.3) is 10.2 Å². The van der Waals surface area contributed by atoms with E-state index >= 15 is 0 Å². The second-order valence-electron chi connectivity index (χ2n) is 7.55. The summed E-state index contributed by atoms with van der Waals surface area (Å²) in [6.07, 6.45) is 2.27. The number of amides is 1. The number of carbonyl (C=O) groups is 2. The molecule has 1 amide bonds. The average Bonchev–Trinajstić information content (AvgIpc) is 3.20. The predicted molar refractivity (Wildman–Crippen MR) is 118 cm³/mol. The zero-order valence-electron chi connectivity index (χ0n) is 17.4. The van der Waals surface area contributed by atoms with Crippen LogP contribution in [0.15, 0.2) is 35.4 Å². The van der Waals surface area contributed by atoms with E-state index < -0.39 is 5.82 Å². The molecule has 0 atom stereocenters. The molecular formula is C22H23FN4O3S. The number of halogens is 1. The summed E-state index contributed by atoms with van der Waals surface area (Å²) >= 11 is 1.49. The van der Waals surface area contributed by atoms with Crippen LogP contribution in [0.2, 0.25) is 0 Å². The van der Waals surface area contributed by atoms with E-state index in [4.69, 9.17) is 0 Å². The summed E-state index contributed by atoms with van der Waals surface area (Å²) < 4.78 is 15.8. The van der Waals surface area contributed by atoms with Gasteiger partial charge in [-0.2, -0.15) is 0 Å². The number of carbonyl (C=O) groups excluding carboxylic acids is 2. The van der Waals surface area contributed by atoms with Crippen molar-refractivity contribution in [2.24, 2.45) is 0 Å². The Kier molecular flexibility index (Phi) is 5.86. The van der Waals surface area contributed by atoms with E-state index in [2.05, 4.69) is 4.98 Å². The van der Waals surface area contributed by atoms with Crippen molar-refractivity contribution >= 4 is 38.9 Å². The lowest BCUT2D eigenvalue weighted by Crippen LogP contribution is -2.50. The maximum Gasteiger partial charge on any atom is 0.262 e. The molecule has 1 fully saturated rings. The number of anilines is 1. The Morgan fingerprint density at radius 3 is 2.55 bits per heavy atom. The van der Waals surface area contributed by atoms with E-state index in [1.807, 2.05) is 17.9 Å². The minimum absolute atomic E-state index is 0.0687. The van der Waals surface area contributed by atoms with E-state index in [0.717, 1.165) is 11.3 Å². The van der Waals surface area contributed by atoms with Crippen molar-refractivity contribution in [2.75, 3.05) is 31.1 Å². The zero-order valence-corrected chi connectivity index (χ0v) is 18.2. The summed E-state index contributed by atoms with van der Waals surface area (Å²) in [5, 5.41) is 0.548. The average molecular weight is 443 g/mol. The molecule has 2 aromatic heterocycles. The second kappa shape index (κ2) is 8.58. The molecule has 0 spiro atoms. The van der Waals surface area contributed by atoms with Crippen molar-refractivity contribution in [1.82, 2.24) is 14.5 Å². The van der Waals surface area contributed by atoms with Crippen molar-refractivity contribution in [2.45, 2.75) is 26.8 Å². The molecule has 1 aliphatic heterocycles. The number of thiophene rings is 1. The van der Waals surface area contributed by atoms with Crippen molar-refractivity contribution in [3.05, 3.63) is 57.2 Å². The molecule has 1 aromatic carbocycles. The third-order valence-corrected chi connectivity index (χ3v) is 6.74. The number of Topliss-reactive ketones (excluding diaryl/α,β-unsaturated/α-hetero) is 1. The molecule has 1 saturated heterocycles. The molecule has 0 aliphatic carbocycles. The van der Waals surface area contributed by atoms with Gasteiger partial charge in [0.05, 0.1) is 17.4 Å². The number of hydrogen-bond acceptors (Lipinski definition) is 6. The first-order valence-electron chi connectivity index (χ1n) is 10.2. The SMILES string of the molecule is CCc1cc2c(=O)n(CC(=O)N3CCN(c4ccc(C(C)=O)cc4F)CC3)cnc2s1. The van der Waals surface area contributed by atoms with Crippen LogP contribution in [-0.4, -0.2) is 52.3 Å². The van der Waals surface area contributed by atoms with Crippen LogP contribution in [0.4, 0.5) is 10.1 Å². The highest BCUT2D eigenvalue weighted by Gasteiger charge is 2.24. The van der Waals surface area contributed by atoms with Gasteiger partial charge in [-0.1, -0.05) is 6.92 Å². The van der Waals surface area contributed by atoms with Crippen LogP contribution in [0, 0.1) is 5.82 Å². The maximum atomic E-state index is 14.4. The number of fused-ring (bicyclic) bond motifs is 1. The number of benzene rings is 1. The van der Waals surface area contributed by atoms with Gasteiger partial charge in [-0.15, -0.1) is 11.3 Å². The summed E-state index contributed by atoms with van der Waals surface area (Å²) in [4.78, 5) is 46.5. The number of ketones is 1. The molecule has 162 valence electrons. The smallest absolute Gasteiger partial charge is 0.262 e. The molecule has 0 unspecified atom stereocenters. The Morgan fingerprint density at radius 1 is 1.16 bits per heavy atom. The zero-order chi connectivity index (χ0) is 22.1. The second-order valence-corrected chi connectivity index (χ2v) is 8.67. The van der Waals surface area contributed by atoms with Crippen LogP contribution >= 0.6 is 11.3 Å². The molecule has 0 radical (unpaired) electrons. The fourth-order valence-electron chi connectivity index (χ4n) is 3.72. The van der Waals surface area contributed by atoms with Crippen molar-refractivity contribution in [1.29, 1.82) is 0 Å². The largest absolute Gasteiger partial charge is 0.366 e. The first-order valence-corrected chi connectivity index (χ1v) is 11.0. The van der Waals surface area contributed by atoms with E-state index in [0.29, 0.717) is 47.6 Å². The van der Waals surface area contributed by atoms with Gasteiger partial charge in [0.1, 0.15) is 17.2 Å². The Bertz CT molecular complexity index is 1210. The Balaban J connectivity index is 1.42. The highest BCUT2D eigenvalue weighted by Crippen LogP contribution is 2.23. The lowest BCUT2D eigenvalue weighted by molar-refractivity contribution is -0.132. The van der Waals surface area contributed by atoms with Gasteiger partial charge in [0.25, 0.3) is 5.56 Å². The van der Waals surface area contributed by atoms with Crippen LogP contribution in [0.5, 0.6) is 0 Å². The van der Waals surface area contributed by atoms with Gasteiger partial charge < -0.3 is 9.80 Å². The first kappa shape index (κ1) is 21.2. The van der Waals surface area contributed by atoms with E-state index in [9.17, 15) is 18.8 Å². The Labute approximate surface area is 182 Å². The summed E-state index contributed by atoms with van der Waals surface area (Å²) in [6.45, 7) is 5.15. The van der Waals surface area contributed by atoms with Crippen molar-refractivity contribution in [3.63, 3.8) is 0 Å². The molecule has 0 bridgehead atoms. The number of piperazine rings is 1. The highest BCUT2D eigenvalue weighted by atomic mass is 32.1. The van der Waals surface area contributed by atoms with E-state index in [1.165, 1.54) is 35.2 Å². The molecule has 9 heteroatoms. The fraction of sp³-hybridized carbons (Fsp3) is 0.364. The molecule has 0 N–H and O–H groups in total. The highest BCUT2D eigenvalue weighted by molar-refractivity contribution is 7.18. The topological polar surface area (TPSA) is 75.5 Å². The van der Waals surface area contributed by atoms with Crippen molar-refractivity contribution < 1.29 is 14.0 Å². The Morgan fingerprint density at radius 2 is 1.90 bits per heavy atom. The van der Waals surface area contributed by atoms with Gasteiger partial charge >= 0.3 is 0 Å². The molecule has 0 saturated carbocycles. The number of aromatic nitrogens is 2. The number of nitrogens with zero attached hydrogens (tertiary/aromatic N) is 4. The molecule has 31 heavy (non-hydrogen) atoms. The lowest BCUT2D eigenvalue weighted by Gasteiger charge is -2.36. The molecule has 7 nitrogen and oxygen atoms in total. The molecule has 1 aliphatic rings. The fourth-order valence-corrected chi connectivity index (χ4v) is 4.65. The molecule has 3 aromatic rings. The number of hydrogen-bond donors (Lipinski definition) is 0. The third-order valence-electron chi connectivity index (χ3n) is 5.55. The van der Waals surface area contributed by atoms with E-state index in [-0.39, 0.29) is 23.8 Å². The van der Waals surface area contributed by atoms with Crippen LogP contribution in [0.3, 0.4) is 0 Å². The third kappa shape index (κ3) is 4.23. The van der Waals surface area contributed by atoms with E-state index in [1.54, 1.807) is 17.0 Å². The summed E-state index contributed by atoms with van der Waals surface area (Å²) in [7, 11) is 0. The van der Waals surface area contributed by atoms with Gasteiger partial charge in [-0.25, -0.2) is 9.37 Å². The standard InChI is InChI=1S/C22H23FN4O3S/c1-3-16-11-17-21(31-16)24-13-27(22(17)30)12-20(29)26-8-6-25(7-9-26)19-5-4-15(14(2)28)10-18(19)23/h4-5,10-11,13H,3,6-9,12H2,1-2H3. The number of aryl methyl sites for hydroxylation is 1. The van der Waals surface area contributed by atoms with Gasteiger partial charge in [0.2, 0.25) is 5.91 Å². The first-order chi connectivity index (χ1) is 14.9. The van der Waals surface area contributed by atoms with Crippen molar-refractivity contribution in [3.8, 4) is 0 Å². The minimum atomic E-state index is -0.444. The van der Waals surface area contributed by atoms with Gasteiger partial charge in [-0.3, -0.25) is 19.0 Å². The summed E-state index contributed by atoms with van der Waals surface area (Å²) in [6, 6.07) is 6.32. The van der Waals surface area contributed by atoms with Crippen LogP contribution in [-0.2, 0) is 17.8 Å². The maximum absolute atomic E-state index is 14.4. The number of rotatable bonds is 5. The normalized spacial score (nSPS) is 14.3. The van der Waals surface area contributed by atoms with Crippen LogP contribution < -0.4 is 10.5 Å². The quantitative estimate of drug-likeness (QED) is 0.568. The molecule has 3 heterocycles. The molecule has 4 rings (SSSR count).